The summed E-state index contributed by atoms with van der Waals surface area (Å²) in [5.74, 6) is -0.0391. The van der Waals surface area contributed by atoms with Crippen LogP contribution in [0.15, 0.2) is 61.2 Å². The van der Waals surface area contributed by atoms with E-state index in [0.29, 0.717) is 29.3 Å². The SMILES string of the molecule is C=CC[C@H]1CC(c2cccc(Cl)c2)[C@@H](c2ccc(Cl)cc2)N([C@@H](CC)CO)C1=O. The van der Waals surface area contributed by atoms with Crippen molar-refractivity contribution in [3.05, 3.63) is 82.4 Å². The molecular formula is C24H27Cl2NO2. The van der Waals surface area contributed by atoms with Gasteiger partial charge in [0.15, 0.2) is 0 Å². The Hall–Kier alpha value is -1.81. The standard InChI is InChI=1S/C24H27Cl2NO2/c1-3-6-18-14-22(17-7-5-8-20(26)13-17)23(16-9-11-19(25)12-10-16)27(24(18)29)21(4-2)15-28/h3,5,7-13,18,21-23,28H,1,4,6,14-15H2,2H3/t18-,21-,22?,23+/m0/s1. The van der Waals surface area contributed by atoms with Crippen LogP contribution in [0.25, 0.3) is 0 Å². The van der Waals surface area contributed by atoms with Crippen LogP contribution < -0.4 is 0 Å². The summed E-state index contributed by atoms with van der Waals surface area (Å²) in [6, 6.07) is 15.1. The van der Waals surface area contributed by atoms with E-state index in [1.54, 1.807) is 6.08 Å². The van der Waals surface area contributed by atoms with Crippen molar-refractivity contribution in [3.63, 3.8) is 0 Å². The second-order valence-corrected chi connectivity index (χ2v) is 8.48. The summed E-state index contributed by atoms with van der Waals surface area (Å²) in [4.78, 5) is 15.4. The van der Waals surface area contributed by atoms with Gasteiger partial charge < -0.3 is 10.0 Å². The lowest BCUT2D eigenvalue weighted by Gasteiger charge is -2.48. The number of carbonyl (C=O) groups excluding carboxylic acids is 1. The Bertz CT molecular complexity index is 848. The molecule has 1 heterocycles. The van der Waals surface area contributed by atoms with E-state index in [1.165, 1.54) is 0 Å². The van der Waals surface area contributed by atoms with Crippen molar-refractivity contribution in [2.24, 2.45) is 5.92 Å². The Morgan fingerprint density at radius 2 is 1.90 bits per heavy atom. The Labute approximate surface area is 182 Å². The molecule has 1 saturated heterocycles. The smallest absolute Gasteiger partial charge is 0.226 e. The molecular weight excluding hydrogens is 405 g/mol. The third-order valence-electron chi connectivity index (χ3n) is 5.84. The molecule has 0 radical (unpaired) electrons. The Balaban J connectivity index is 2.16. The fourth-order valence-electron chi connectivity index (χ4n) is 4.41. The predicted octanol–water partition coefficient (Wildman–Crippen LogP) is 6.01. The largest absolute Gasteiger partial charge is 0.394 e. The second kappa shape index (κ2) is 9.80. The number of piperidine rings is 1. The van der Waals surface area contributed by atoms with E-state index >= 15 is 0 Å². The third kappa shape index (κ3) is 4.69. The van der Waals surface area contributed by atoms with Crippen LogP contribution >= 0.6 is 23.2 Å². The van der Waals surface area contributed by atoms with E-state index in [9.17, 15) is 9.90 Å². The van der Waals surface area contributed by atoms with E-state index in [2.05, 4.69) is 12.6 Å². The first-order valence-corrected chi connectivity index (χ1v) is 10.8. The summed E-state index contributed by atoms with van der Waals surface area (Å²) in [7, 11) is 0. The molecule has 0 spiro atoms. The number of benzene rings is 2. The van der Waals surface area contributed by atoms with Gasteiger partial charge in [0.25, 0.3) is 0 Å². The first kappa shape index (κ1) is 21.9. The second-order valence-electron chi connectivity index (χ2n) is 7.61. The number of carbonyl (C=O) groups is 1. The molecule has 0 bridgehead atoms. The fourth-order valence-corrected chi connectivity index (χ4v) is 4.73. The molecule has 1 fully saturated rings. The molecule has 0 saturated carbocycles. The van der Waals surface area contributed by atoms with Crippen molar-refractivity contribution in [2.45, 2.75) is 44.2 Å². The lowest BCUT2D eigenvalue weighted by atomic mass is 9.74. The van der Waals surface area contributed by atoms with Crippen LogP contribution in [0.3, 0.4) is 0 Å². The number of amides is 1. The van der Waals surface area contributed by atoms with Crippen molar-refractivity contribution < 1.29 is 9.90 Å². The first-order valence-electron chi connectivity index (χ1n) is 10.0. The molecule has 1 aliphatic rings. The fraction of sp³-hybridized carbons (Fsp3) is 0.375. The van der Waals surface area contributed by atoms with Crippen molar-refractivity contribution in [3.8, 4) is 0 Å². The zero-order chi connectivity index (χ0) is 21.0. The maximum absolute atomic E-state index is 13.5. The number of allylic oxidation sites excluding steroid dienone is 1. The Morgan fingerprint density at radius 1 is 1.17 bits per heavy atom. The Kier molecular flexibility index (Phi) is 7.39. The number of halogens is 2. The van der Waals surface area contributed by atoms with E-state index in [-0.39, 0.29) is 36.4 Å². The van der Waals surface area contributed by atoms with Crippen LogP contribution in [0.4, 0.5) is 0 Å². The van der Waals surface area contributed by atoms with Crippen molar-refractivity contribution in [1.29, 1.82) is 0 Å². The summed E-state index contributed by atoms with van der Waals surface area (Å²) < 4.78 is 0. The average molecular weight is 432 g/mol. The van der Waals surface area contributed by atoms with Gasteiger partial charge in [-0.1, -0.05) is 60.5 Å². The summed E-state index contributed by atoms with van der Waals surface area (Å²) in [6.07, 6.45) is 3.80. The topological polar surface area (TPSA) is 40.5 Å². The van der Waals surface area contributed by atoms with Crippen LogP contribution in [-0.4, -0.2) is 28.6 Å². The highest BCUT2D eigenvalue weighted by molar-refractivity contribution is 6.30. The highest BCUT2D eigenvalue weighted by atomic mass is 35.5. The molecule has 1 amide bonds. The molecule has 5 heteroatoms. The Morgan fingerprint density at radius 3 is 2.48 bits per heavy atom. The molecule has 2 aromatic carbocycles. The number of hydrogen-bond donors (Lipinski definition) is 1. The summed E-state index contributed by atoms with van der Waals surface area (Å²) >= 11 is 12.4. The highest BCUT2D eigenvalue weighted by Crippen LogP contribution is 2.47. The summed E-state index contributed by atoms with van der Waals surface area (Å²) in [6.45, 7) is 5.77. The maximum Gasteiger partial charge on any atom is 0.226 e. The quantitative estimate of drug-likeness (QED) is 0.544. The monoisotopic (exact) mass is 431 g/mol. The van der Waals surface area contributed by atoms with Gasteiger partial charge in [-0.25, -0.2) is 0 Å². The molecule has 29 heavy (non-hydrogen) atoms. The van der Waals surface area contributed by atoms with Crippen LogP contribution in [0.2, 0.25) is 10.0 Å². The van der Waals surface area contributed by atoms with Crippen LogP contribution in [0.5, 0.6) is 0 Å². The average Bonchev–Trinajstić information content (AvgIpc) is 2.72. The number of nitrogens with zero attached hydrogens (tertiary/aromatic N) is 1. The zero-order valence-corrected chi connectivity index (χ0v) is 18.1. The molecule has 1 N–H and O–H groups in total. The van der Waals surface area contributed by atoms with Gasteiger partial charge in [0.1, 0.15) is 0 Å². The number of hydrogen-bond acceptors (Lipinski definition) is 2. The van der Waals surface area contributed by atoms with Crippen molar-refractivity contribution in [1.82, 2.24) is 4.90 Å². The zero-order valence-electron chi connectivity index (χ0n) is 16.6. The number of likely N-dealkylation sites (tertiary alicyclic amines) is 1. The molecule has 0 aromatic heterocycles. The molecule has 1 aliphatic heterocycles. The number of aliphatic hydroxyl groups excluding tert-OH is 1. The van der Waals surface area contributed by atoms with Gasteiger partial charge in [-0.2, -0.15) is 0 Å². The van der Waals surface area contributed by atoms with E-state index in [4.69, 9.17) is 23.2 Å². The molecule has 3 rings (SSSR count). The van der Waals surface area contributed by atoms with Crippen LogP contribution in [0.1, 0.15) is 49.3 Å². The normalized spacial score (nSPS) is 23.1. The molecule has 2 aromatic rings. The van der Waals surface area contributed by atoms with Gasteiger partial charge in [0, 0.05) is 21.9 Å². The van der Waals surface area contributed by atoms with Gasteiger partial charge in [0.2, 0.25) is 5.91 Å². The molecule has 3 nitrogen and oxygen atoms in total. The van der Waals surface area contributed by atoms with Gasteiger partial charge in [-0.05, 0) is 54.7 Å². The van der Waals surface area contributed by atoms with Crippen LogP contribution in [0, 0.1) is 5.92 Å². The number of rotatable bonds is 7. The molecule has 154 valence electrons. The lowest BCUT2D eigenvalue weighted by molar-refractivity contribution is -0.148. The third-order valence-corrected chi connectivity index (χ3v) is 6.32. The van der Waals surface area contributed by atoms with Gasteiger partial charge >= 0.3 is 0 Å². The number of aliphatic hydroxyl groups is 1. The van der Waals surface area contributed by atoms with E-state index in [1.807, 2.05) is 54.3 Å². The van der Waals surface area contributed by atoms with Gasteiger partial charge in [-0.3, -0.25) is 4.79 Å². The molecule has 4 atom stereocenters. The van der Waals surface area contributed by atoms with Crippen LogP contribution in [-0.2, 0) is 4.79 Å². The van der Waals surface area contributed by atoms with E-state index < -0.39 is 0 Å². The summed E-state index contributed by atoms with van der Waals surface area (Å²) in [5.41, 5.74) is 2.11. The predicted molar refractivity (Wildman–Crippen MR) is 119 cm³/mol. The molecule has 1 unspecified atom stereocenters. The minimum Gasteiger partial charge on any atom is -0.394 e. The van der Waals surface area contributed by atoms with E-state index in [0.717, 1.165) is 11.1 Å². The van der Waals surface area contributed by atoms with Crippen molar-refractivity contribution in [2.75, 3.05) is 6.61 Å². The minimum absolute atomic E-state index is 0.0538. The molecule has 0 aliphatic carbocycles. The van der Waals surface area contributed by atoms with Gasteiger partial charge in [0.05, 0.1) is 18.7 Å². The first-order chi connectivity index (χ1) is 14.0. The van der Waals surface area contributed by atoms with Crippen molar-refractivity contribution >= 4 is 29.1 Å². The van der Waals surface area contributed by atoms with Gasteiger partial charge in [-0.15, -0.1) is 6.58 Å². The summed E-state index contributed by atoms with van der Waals surface area (Å²) in [5, 5.41) is 11.4. The minimum atomic E-state index is -0.252. The maximum atomic E-state index is 13.5. The lowest BCUT2D eigenvalue weighted by Crippen LogP contribution is -2.52. The highest BCUT2D eigenvalue weighted by Gasteiger charge is 2.44.